The Balaban J connectivity index is 1.89. The number of hydrogen-bond donors (Lipinski definition) is 2. The zero-order valence-electron chi connectivity index (χ0n) is 17.6. The van der Waals surface area contributed by atoms with Gasteiger partial charge in [-0.1, -0.05) is 19.9 Å². The molecule has 0 atom stereocenters. The van der Waals surface area contributed by atoms with Gasteiger partial charge in [0.05, 0.1) is 13.2 Å². The summed E-state index contributed by atoms with van der Waals surface area (Å²) in [6.45, 7) is 8.53. The number of benzene rings is 1. The van der Waals surface area contributed by atoms with Crippen LogP contribution in [0.2, 0.25) is 0 Å². The molecule has 0 aliphatic carbocycles. The number of pyridine rings is 2. The minimum atomic E-state index is -0.116. The number of nitrogens with zero attached hydrogens (tertiary/aromatic N) is 2. The van der Waals surface area contributed by atoms with Crippen LogP contribution < -0.4 is 15.6 Å². The molecule has 30 heavy (non-hydrogen) atoms. The minimum absolute atomic E-state index is 0.116. The SMILES string of the molecule is CCOc1ccc2[nH]c(=O)c(CN(Cc3cccnc3)C(=S)NCC(C)C)cc2c1. The molecule has 3 aromatic rings. The molecule has 0 saturated carbocycles. The predicted octanol–water partition coefficient (Wildman–Crippen LogP) is 3.85. The van der Waals surface area contributed by atoms with E-state index in [-0.39, 0.29) is 5.56 Å². The summed E-state index contributed by atoms with van der Waals surface area (Å²) in [4.78, 5) is 21.9. The molecule has 7 heteroatoms. The molecule has 2 aromatic heterocycles. The Morgan fingerprint density at radius 2 is 2.10 bits per heavy atom. The summed E-state index contributed by atoms with van der Waals surface area (Å²) in [5, 5.41) is 4.86. The number of thiocarbonyl (C=S) groups is 1. The zero-order valence-corrected chi connectivity index (χ0v) is 18.5. The molecule has 1 aromatic carbocycles. The van der Waals surface area contributed by atoms with Crippen molar-refractivity contribution in [1.82, 2.24) is 20.2 Å². The standard InChI is InChI=1S/C23H28N4O2S/c1-4-29-20-7-8-21-18(11-20)10-19(22(28)26-21)15-27(23(30)25-12-16(2)3)14-17-6-5-9-24-13-17/h5-11,13,16H,4,12,14-15H2,1-3H3,(H,25,30)(H,26,28). The lowest BCUT2D eigenvalue weighted by Gasteiger charge is -2.26. The van der Waals surface area contributed by atoms with Gasteiger partial charge in [-0.3, -0.25) is 9.78 Å². The first-order chi connectivity index (χ1) is 14.5. The van der Waals surface area contributed by atoms with Gasteiger partial charge >= 0.3 is 0 Å². The van der Waals surface area contributed by atoms with Crippen molar-refractivity contribution in [3.05, 3.63) is 70.3 Å². The summed E-state index contributed by atoms with van der Waals surface area (Å²) in [6.07, 6.45) is 3.56. The van der Waals surface area contributed by atoms with Gasteiger partial charge in [0.25, 0.3) is 5.56 Å². The van der Waals surface area contributed by atoms with Crippen molar-refractivity contribution in [2.45, 2.75) is 33.9 Å². The zero-order chi connectivity index (χ0) is 21.5. The van der Waals surface area contributed by atoms with E-state index in [0.29, 0.717) is 36.3 Å². The molecule has 0 radical (unpaired) electrons. The van der Waals surface area contributed by atoms with Gasteiger partial charge < -0.3 is 19.9 Å². The second kappa shape index (κ2) is 10.2. The molecule has 0 aliphatic rings. The number of aromatic amines is 1. The lowest BCUT2D eigenvalue weighted by molar-refractivity contribution is 0.340. The largest absolute Gasteiger partial charge is 0.494 e. The molecule has 158 valence electrons. The maximum Gasteiger partial charge on any atom is 0.253 e. The maximum absolute atomic E-state index is 12.7. The van der Waals surface area contributed by atoms with Crippen LogP contribution in [0.3, 0.4) is 0 Å². The molecule has 3 rings (SSSR count). The van der Waals surface area contributed by atoms with E-state index < -0.39 is 0 Å². The molecular formula is C23H28N4O2S. The van der Waals surface area contributed by atoms with Crippen molar-refractivity contribution >= 4 is 28.2 Å². The monoisotopic (exact) mass is 424 g/mol. The van der Waals surface area contributed by atoms with E-state index in [0.717, 1.165) is 28.8 Å². The molecule has 0 spiro atoms. The lowest BCUT2D eigenvalue weighted by Crippen LogP contribution is -2.41. The summed E-state index contributed by atoms with van der Waals surface area (Å²) >= 11 is 5.65. The topological polar surface area (TPSA) is 70.2 Å². The van der Waals surface area contributed by atoms with E-state index in [1.54, 1.807) is 6.20 Å². The lowest BCUT2D eigenvalue weighted by atomic mass is 10.1. The molecule has 0 aliphatic heterocycles. The van der Waals surface area contributed by atoms with Crippen LogP contribution in [0.4, 0.5) is 0 Å². The molecule has 0 bridgehead atoms. The number of rotatable bonds is 8. The fraction of sp³-hybridized carbons (Fsp3) is 0.348. The fourth-order valence-corrected chi connectivity index (χ4v) is 3.34. The third kappa shape index (κ3) is 5.79. The molecular weight excluding hydrogens is 396 g/mol. The Morgan fingerprint density at radius 1 is 1.27 bits per heavy atom. The van der Waals surface area contributed by atoms with Gasteiger partial charge in [0.15, 0.2) is 5.11 Å². The van der Waals surface area contributed by atoms with E-state index in [1.165, 1.54) is 0 Å². The highest BCUT2D eigenvalue weighted by atomic mass is 32.1. The van der Waals surface area contributed by atoms with E-state index in [1.807, 2.05) is 54.4 Å². The van der Waals surface area contributed by atoms with E-state index in [4.69, 9.17) is 17.0 Å². The van der Waals surface area contributed by atoms with E-state index in [2.05, 4.69) is 29.1 Å². The summed E-state index contributed by atoms with van der Waals surface area (Å²) < 4.78 is 5.60. The van der Waals surface area contributed by atoms with E-state index in [9.17, 15) is 4.79 Å². The Bertz CT molecular complexity index is 1050. The van der Waals surface area contributed by atoms with Crippen molar-refractivity contribution in [3.63, 3.8) is 0 Å². The van der Waals surface area contributed by atoms with Crippen LogP contribution in [0.15, 0.2) is 53.6 Å². The van der Waals surface area contributed by atoms with Crippen LogP contribution in [0.25, 0.3) is 10.9 Å². The predicted molar refractivity (Wildman–Crippen MR) is 125 cm³/mol. The molecule has 2 N–H and O–H groups in total. The molecule has 0 amide bonds. The minimum Gasteiger partial charge on any atom is -0.494 e. The first-order valence-electron chi connectivity index (χ1n) is 10.2. The third-order valence-corrected chi connectivity index (χ3v) is 5.01. The second-order valence-corrected chi connectivity index (χ2v) is 7.99. The number of hydrogen-bond acceptors (Lipinski definition) is 4. The van der Waals surface area contributed by atoms with Gasteiger partial charge in [0.2, 0.25) is 0 Å². The van der Waals surface area contributed by atoms with Crippen molar-refractivity contribution in [3.8, 4) is 5.75 Å². The second-order valence-electron chi connectivity index (χ2n) is 7.60. The quantitative estimate of drug-likeness (QED) is 0.535. The molecule has 0 unspecified atom stereocenters. The number of H-pyrrole nitrogens is 1. The summed E-state index contributed by atoms with van der Waals surface area (Å²) in [5.74, 6) is 1.24. The Kier molecular flexibility index (Phi) is 7.41. The average molecular weight is 425 g/mol. The summed E-state index contributed by atoms with van der Waals surface area (Å²) in [5.41, 5.74) is 2.34. The van der Waals surface area contributed by atoms with E-state index >= 15 is 0 Å². The van der Waals surface area contributed by atoms with Gasteiger partial charge in [-0.2, -0.15) is 0 Å². The van der Waals surface area contributed by atoms with Crippen molar-refractivity contribution < 1.29 is 4.74 Å². The summed E-state index contributed by atoms with van der Waals surface area (Å²) in [6, 6.07) is 11.5. The van der Waals surface area contributed by atoms with Crippen LogP contribution >= 0.6 is 12.2 Å². The van der Waals surface area contributed by atoms with Gasteiger partial charge in [-0.05, 0) is 61.0 Å². The first-order valence-corrected chi connectivity index (χ1v) is 10.6. The maximum atomic E-state index is 12.7. The number of ether oxygens (including phenoxy) is 1. The van der Waals surface area contributed by atoms with Crippen LogP contribution in [0.1, 0.15) is 31.9 Å². The van der Waals surface area contributed by atoms with Gasteiger partial charge in [-0.15, -0.1) is 0 Å². The highest BCUT2D eigenvalue weighted by Crippen LogP contribution is 2.20. The number of fused-ring (bicyclic) bond motifs is 1. The fourth-order valence-electron chi connectivity index (χ4n) is 3.12. The third-order valence-electron chi connectivity index (χ3n) is 4.61. The number of nitrogens with one attached hydrogen (secondary N) is 2. The normalized spacial score (nSPS) is 10.9. The Hall–Kier alpha value is -2.93. The first kappa shape index (κ1) is 21.8. The highest BCUT2D eigenvalue weighted by molar-refractivity contribution is 7.80. The average Bonchev–Trinajstić information content (AvgIpc) is 2.73. The highest BCUT2D eigenvalue weighted by Gasteiger charge is 2.15. The smallest absolute Gasteiger partial charge is 0.253 e. The molecule has 2 heterocycles. The van der Waals surface area contributed by atoms with Gasteiger partial charge in [0.1, 0.15) is 5.75 Å². The molecule has 6 nitrogen and oxygen atoms in total. The van der Waals surface area contributed by atoms with Crippen molar-refractivity contribution in [2.24, 2.45) is 5.92 Å². The van der Waals surface area contributed by atoms with Crippen LogP contribution in [-0.2, 0) is 13.1 Å². The van der Waals surface area contributed by atoms with Crippen molar-refractivity contribution in [1.29, 1.82) is 0 Å². The molecule has 0 saturated heterocycles. The van der Waals surface area contributed by atoms with Crippen molar-refractivity contribution in [2.75, 3.05) is 13.2 Å². The molecule has 0 fully saturated rings. The van der Waals surface area contributed by atoms with Gasteiger partial charge in [-0.25, -0.2) is 0 Å². The van der Waals surface area contributed by atoms with Crippen LogP contribution in [-0.4, -0.2) is 33.1 Å². The van der Waals surface area contributed by atoms with Crippen LogP contribution in [0.5, 0.6) is 5.75 Å². The Labute approximate surface area is 182 Å². The Morgan fingerprint density at radius 3 is 2.80 bits per heavy atom. The van der Waals surface area contributed by atoms with Crippen LogP contribution in [0, 0.1) is 5.92 Å². The summed E-state index contributed by atoms with van der Waals surface area (Å²) in [7, 11) is 0. The number of aromatic nitrogens is 2. The van der Waals surface area contributed by atoms with Gasteiger partial charge in [0, 0.05) is 41.9 Å².